The van der Waals surface area contributed by atoms with Gasteiger partial charge >= 0.3 is 0 Å². The van der Waals surface area contributed by atoms with E-state index in [1.807, 2.05) is 51.4 Å². The largest absolute Gasteiger partial charge is 0.364 e. The lowest BCUT2D eigenvalue weighted by atomic mass is 10.1. The molecule has 33 heavy (non-hydrogen) atoms. The molecule has 0 radical (unpaired) electrons. The molecule has 0 saturated carbocycles. The van der Waals surface area contributed by atoms with Crippen molar-refractivity contribution in [3.8, 4) is 11.3 Å². The van der Waals surface area contributed by atoms with Crippen molar-refractivity contribution in [2.45, 2.75) is 60.4 Å². The van der Waals surface area contributed by atoms with Gasteiger partial charge in [-0.25, -0.2) is 4.98 Å². The molecule has 0 bridgehead atoms. The quantitative estimate of drug-likeness (QED) is 0.227. The number of nitrogens with one attached hydrogen (secondary N) is 3. The number of allylic oxidation sites excluding steroid dienone is 3. The number of nitrogens with zero attached hydrogens (tertiary/aromatic N) is 1. The van der Waals surface area contributed by atoms with Crippen molar-refractivity contribution in [2.75, 3.05) is 0 Å². The van der Waals surface area contributed by atoms with Crippen LogP contribution in [0, 0.1) is 6.92 Å². The Bertz CT molecular complexity index is 1010. The van der Waals surface area contributed by atoms with E-state index >= 15 is 0 Å². The Balaban J connectivity index is 0.00000172. The van der Waals surface area contributed by atoms with E-state index in [4.69, 9.17) is 4.98 Å². The van der Waals surface area contributed by atoms with Gasteiger partial charge in [0.2, 0.25) is 6.41 Å². The first kappa shape index (κ1) is 27.8. The predicted molar refractivity (Wildman–Crippen MR) is 141 cm³/mol. The molecule has 0 aliphatic heterocycles. The van der Waals surface area contributed by atoms with E-state index in [2.05, 4.69) is 36.0 Å². The predicted octanol–water partition coefficient (Wildman–Crippen LogP) is 6.01. The van der Waals surface area contributed by atoms with Gasteiger partial charge in [0.15, 0.2) is 0 Å². The van der Waals surface area contributed by atoms with Gasteiger partial charge in [-0.2, -0.15) is 0 Å². The van der Waals surface area contributed by atoms with Crippen LogP contribution in [0.15, 0.2) is 48.2 Å². The molecule has 2 rings (SSSR count). The lowest BCUT2D eigenvalue weighted by Crippen LogP contribution is -2.33. The number of carbonyl (C=O) groups is 2. The number of aromatic amines is 1. The first-order chi connectivity index (χ1) is 15.8. The minimum Gasteiger partial charge on any atom is -0.364 e. The number of hydrogen-bond donors (Lipinski definition) is 3. The van der Waals surface area contributed by atoms with Crippen LogP contribution in [-0.4, -0.2) is 28.3 Å². The Hall–Kier alpha value is -3.19. The zero-order chi connectivity index (χ0) is 24.8. The Morgan fingerprint density at radius 2 is 2.03 bits per heavy atom. The first-order valence-electron chi connectivity index (χ1n) is 11.1. The van der Waals surface area contributed by atoms with Gasteiger partial charge in [0.05, 0.1) is 11.3 Å². The van der Waals surface area contributed by atoms with Crippen LogP contribution < -0.4 is 10.6 Å². The van der Waals surface area contributed by atoms with Crippen LogP contribution in [0.3, 0.4) is 0 Å². The average molecular weight is 469 g/mol. The summed E-state index contributed by atoms with van der Waals surface area (Å²) in [5.74, 6) is -0.243. The number of hydrogen-bond acceptors (Lipinski definition) is 4. The van der Waals surface area contributed by atoms with Gasteiger partial charge in [-0.05, 0) is 38.8 Å². The molecule has 0 aromatic carbocycles. The van der Waals surface area contributed by atoms with Crippen molar-refractivity contribution in [3.05, 3.63) is 64.4 Å². The lowest BCUT2D eigenvalue weighted by Gasteiger charge is -2.12. The molecule has 178 valence electrons. The molecule has 2 aromatic heterocycles. The maximum atomic E-state index is 12.5. The molecule has 1 atom stereocenters. The number of aryl methyl sites for hydroxylation is 1. The molecule has 2 heterocycles. The Morgan fingerprint density at radius 3 is 2.64 bits per heavy atom. The Labute approximate surface area is 201 Å². The molecule has 0 saturated heterocycles. The van der Waals surface area contributed by atoms with Crippen LogP contribution in [-0.2, 0) is 9.59 Å². The Kier molecular flexibility index (Phi) is 12.5. The molecule has 0 spiro atoms. The van der Waals surface area contributed by atoms with Crippen LogP contribution in [0.2, 0.25) is 0 Å². The average Bonchev–Trinajstić information content (AvgIpc) is 3.42. The summed E-state index contributed by atoms with van der Waals surface area (Å²) < 4.78 is 0. The zero-order valence-corrected chi connectivity index (χ0v) is 21.3. The molecule has 2 aromatic rings. The standard InChI is InChI=1S/C23H28N4O2S.C3H8/c1-6-8-9-19-17(5)25-12-20(19)21-13-30-23(27-21)15(3)10-18(11-24-14-28)22(29)26-16(4)7-2;1-3-2/h6,8-14,16,25H,1,7H2,2-5H3,(H,24,28)(H,26,29);3H2,1-2H3/b9-8-,15-10+,18-11+;. The fourth-order valence-corrected chi connectivity index (χ4v) is 3.51. The van der Waals surface area contributed by atoms with E-state index < -0.39 is 0 Å². The van der Waals surface area contributed by atoms with E-state index in [1.165, 1.54) is 24.0 Å². The second kappa shape index (κ2) is 14.8. The van der Waals surface area contributed by atoms with Gasteiger partial charge in [0.1, 0.15) is 5.01 Å². The fourth-order valence-electron chi connectivity index (χ4n) is 2.71. The summed E-state index contributed by atoms with van der Waals surface area (Å²) in [6.45, 7) is 15.8. The SMILES string of the molecule is C=C/C=C\c1c(-c2csc(/C(C)=C/C(=C\NC=O)C(=O)NC(C)CC)n2)c[nH]c1C.CCC. The summed E-state index contributed by atoms with van der Waals surface area (Å²) in [5.41, 5.74) is 5.18. The summed E-state index contributed by atoms with van der Waals surface area (Å²) in [7, 11) is 0. The van der Waals surface area contributed by atoms with E-state index in [9.17, 15) is 9.59 Å². The summed E-state index contributed by atoms with van der Waals surface area (Å²) in [4.78, 5) is 31.2. The molecule has 0 aliphatic rings. The highest BCUT2D eigenvalue weighted by Crippen LogP contribution is 2.31. The van der Waals surface area contributed by atoms with E-state index in [0.717, 1.165) is 39.5 Å². The van der Waals surface area contributed by atoms with Gasteiger partial charge in [0, 0.05) is 40.6 Å². The third-order valence-electron chi connectivity index (χ3n) is 4.57. The molecular formula is C26H36N4O2S. The van der Waals surface area contributed by atoms with Crippen molar-refractivity contribution >= 4 is 35.3 Å². The van der Waals surface area contributed by atoms with Crippen molar-refractivity contribution < 1.29 is 9.59 Å². The number of amides is 2. The summed E-state index contributed by atoms with van der Waals surface area (Å²) >= 11 is 1.50. The third-order valence-corrected chi connectivity index (χ3v) is 5.55. The third kappa shape index (κ3) is 8.69. The fraction of sp³-hybridized carbons (Fsp3) is 0.346. The molecule has 2 amide bonds. The van der Waals surface area contributed by atoms with Crippen molar-refractivity contribution in [1.29, 1.82) is 0 Å². The molecule has 0 aliphatic carbocycles. The number of aromatic nitrogens is 2. The van der Waals surface area contributed by atoms with Crippen molar-refractivity contribution in [2.24, 2.45) is 0 Å². The minimum atomic E-state index is -0.243. The maximum Gasteiger partial charge on any atom is 0.252 e. The summed E-state index contributed by atoms with van der Waals surface area (Å²) in [5, 5.41) is 8.16. The van der Waals surface area contributed by atoms with Crippen LogP contribution in [0.4, 0.5) is 0 Å². The highest BCUT2D eigenvalue weighted by molar-refractivity contribution is 7.11. The van der Waals surface area contributed by atoms with Crippen LogP contribution in [0.5, 0.6) is 0 Å². The number of thiazole rings is 1. The molecular weight excluding hydrogens is 432 g/mol. The summed E-state index contributed by atoms with van der Waals surface area (Å²) in [6, 6.07) is 0.0381. The molecule has 7 heteroatoms. The smallest absolute Gasteiger partial charge is 0.252 e. The maximum absolute atomic E-state index is 12.5. The highest BCUT2D eigenvalue weighted by atomic mass is 32.1. The van der Waals surface area contributed by atoms with Crippen LogP contribution >= 0.6 is 11.3 Å². The van der Waals surface area contributed by atoms with Crippen molar-refractivity contribution in [1.82, 2.24) is 20.6 Å². The monoisotopic (exact) mass is 468 g/mol. The zero-order valence-electron chi connectivity index (χ0n) is 20.5. The molecule has 1 unspecified atom stereocenters. The topological polar surface area (TPSA) is 86.9 Å². The molecule has 3 N–H and O–H groups in total. The minimum absolute atomic E-state index is 0.0381. The van der Waals surface area contributed by atoms with Gasteiger partial charge in [-0.15, -0.1) is 11.3 Å². The number of rotatable bonds is 10. The second-order valence-electron chi connectivity index (χ2n) is 7.58. The highest BCUT2D eigenvalue weighted by Gasteiger charge is 2.14. The molecule has 6 nitrogen and oxygen atoms in total. The normalized spacial score (nSPS) is 12.7. The van der Waals surface area contributed by atoms with Crippen LogP contribution in [0.1, 0.15) is 63.7 Å². The number of H-pyrrole nitrogens is 1. The van der Waals surface area contributed by atoms with Gasteiger partial charge in [-0.1, -0.05) is 52.0 Å². The van der Waals surface area contributed by atoms with Crippen LogP contribution in [0.25, 0.3) is 22.9 Å². The van der Waals surface area contributed by atoms with E-state index in [-0.39, 0.29) is 11.9 Å². The van der Waals surface area contributed by atoms with E-state index in [1.54, 1.807) is 12.2 Å². The summed E-state index contributed by atoms with van der Waals surface area (Å²) in [6.07, 6.45) is 13.3. The first-order valence-corrected chi connectivity index (χ1v) is 12.0. The second-order valence-corrected chi connectivity index (χ2v) is 8.43. The van der Waals surface area contributed by atoms with Gasteiger partial charge in [0.25, 0.3) is 5.91 Å². The Morgan fingerprint density at radius 1 is 1.33 bits per heavy atom. The van der Waals surface area contributed by atoms with Gasteiger partial charge < -0.3 is 15.6 Å². The number of carbonyl (C=O) groups excluding carboxylic acids is 2. The van der Waals surface area contributed by atoms with E-state index in [0.29, 0.717) is 12.0 Å². The molecule has 0 fully saturated rings. The van der Waals surface area contributed by atoms with Gasteiger partial charge in [-0.3, -0.25) is 9.59 Å². The van der Waals surface area contributed by atoms with Crippen molar-refractivity contribution in [3.63, 3.8) is 0 Å². The lowest BCUT2D eigenvalue weighted by molar-refractivity contribution is -0.117.